The Morgan fingerprint density at radius 1 is 1.17 bits per heavy atom. The van der Waals surface area contributed by atoms with Crippen LogP contribution in [0, 0.1) is 0 Å². The summed E-state index contributed by atoms with van der Waals surface area (Å²) in [6.07, 6.45) is 1.64. The summed E-state index contributed by atoms with van der Waals surface area (Å²) in [6.45, 7) is 6.27. The Bertz CT molecular complexity index is 644. The molecule has 0 aliphatic heterocycles. The van der Waals surface area contributed by atoms with Crippen molar-refractivity contribution in [1.82, 2.24) is 4.72 Å². The number of hydrogen-bond acceptors (Lipinski definition) is 5. The molecular formula is C16H25NO6S. The number of carboxylic acids is 1. The van der Waals surface area contributed by atoms with Crippen LogP contribution in [0.5, 0.6) is 11.5 Å². The molecule has 1 aromatic rings. The van der Waals surface area contributed by atoms with Crippen molar-refractivity contribution in [2.45, 2.75) is 51.0 Å². The topological polar surface area (TPSA) is 102 Å². The van der Waals surface area contributed by atoms with Crippen LogP contribution >= 0.6 is 0 Å². The molecule has 0 heterocycles. The highest BCUT2D eigenvalue weighted by Gasteiger charge is 2.25. The van der Waals surface area contributed by atoms with E-state index in [1.807, 2.05) is 13.8 Å². The molecule has 0 aliphatic carbocycles. The van der Waals surface area contributed by atoms with Gasteiger partial charge in [0, 0.05) is 6.07 Å². The quantitative estimate of drug-likeness (QED) is 0.629. The van der Waals surface area contributed by atoms with Crippen molar-refractivity contribution >= 4 is 16.0 Å². The first-order valence-electron chi connectivity index (χ1n) is 8.00. The SMILES string of the molecule is CCCCC(NS(=O)(=O)c1ccc(OCC)c(OCC)c1)C(=O)O. The standard InChI is InChI=1S/C16H25NO6S/c1-4-7-8-13(16(18)19)17-24(20,21)12-9-10-14(22-5-2)15(11-12)23-6-3/h9-11,13,17H,4-8H2,1-3H3,(H,18,19). The van der Waals surface area contributed by atoms with E-state index < -0.39 is 22.0 Å². The second kappa shape index (κ2) is 9.48. The van der Waals surface area contributed by atoms with Crippen LogP contribution in [0.2, 0.25) is 0 Å². The number of nitrogens with one attached hydrogen (secondary N) is 1. The molecule has 7 nitrogen and oxygen atoms in total. The van der Waals surface area contributed by atoms with Gasteiger partial charge in [-0.25, -0.2) is 8.42 Å². The maximum atomic E-state index is 12.5. The number of sulfonamides is 1. The third kappa shape index (κ3) is 5.68. The van der Waals surface area contributed by atoms with E-state index in [2.05, 4.69) is 4.72 Å². The summed E-state index contributed by atoms with van der Waals surface area (Å²) in [5, 5.41) is 9.19. The lowest BCUT2D eigenvalue weighted by molar-refractivity contribution is -0.139. The lowest BCUT2D eigenvalue weighted by Crippen LogP contribution is -2.40. The second-order valence-electron chi connectivity index (χ2n) is 5.13. The molecule has 0 spiro atoms. The normalized spacial score (nSPS) is 12.6. The van der Waals surface area contributed by atoms with Crippen molar-refractivity contribution in [1.29, 1.82) is 0 Å². The van der Waals surface area contributed by atoms with Crippen molar-refractivity contribution in [2.75, 3.05) is 13.2 Å². The van der Waals surface area contributed by atoms with E-state index in [-0.39, 0.29) is 11.3 Å². The van der Waals surface area contributed by atoms with Crippen molar-refractivity contribution < 1.29 is 27.8 Å². The van der Waals surface area contributed by atoms with E-state index in [0.29, 0.717) is 31.1 Å². The highest BCUT2D eigenvalue weighted by Crippen LogP contribution is 2.30. The molecule has 24 heavy (non-hydrogen) atoms. The van der Waals surface area contributed by atoms with Gasteiger partial charge in [-0.1, -0.05) is 19.8 Å². The predicted octanol–water partition coefficient (Wildman–Crippen LogP) is 2.41. The molecule has 1 atom stereocenters. The summed E-state index contributed by atoms with van der Waals surface area (Å²) >= 11 is 0. The third-order valence-corrected chi connectivity index (χ3v) is 4.74. The maximum Gasteiger partial charge on any atom is 0.321 e. The number of unbranched alkanes of at least 4 members (excludes halogenated alkanes) is 1. The van der Waals surface area contributed by atoms with Crippen molar-refractivity contribution in [3.05, 3.63) is 18.2 Å². The average Bonchev–Trinajstić information content (AvgIpc) is 2.53. The molecule has 0 fully saturated rings. The summed E-state index contributed by atoms with van der Waals surface area (Å²) in [6, 6.07) is 3.06. The molecular weight excluding hydrogens is 334 g/mol. The van der Waals surface area contributed by atoms with Crippen LogP contribution in [0.4, 0.5) is 0 Å². The Hall–Kier alpha value is -1.80. The summed E-state index contributed by atoms with van der Waals surface area (Å²) < 4.78 is 38.0. The average molecular weight is 359 g/mol. The molecule has 0 saturated carbocycles. The van der Waals surface area contributed by atoms with Gasteiger partial charge in [0.1, 0.15) is 6.04 Å². The number of rotatable bonds is 11. The van der Waals surface area contributed by atoms with Crippen LogP contribution in [-0.2, 0) is 14.8 Å². The van der Waals surface area contributed by atoms with E-state index in [9.17, 15) is 18.3 Å². The van der Waals surface area contributed by atoms with Gasteiger partial charge in [0.25, 0.3) is 0 Å². The Kier molecular flexibility index (Phi) is 8.00. The molecule has 1 rings (SSSR count). The number of hydrogen-bond donors (Lipinski definition) is 2. The zero-order valence-corrected chi connectivity index (χ0v) is 15.1. The molecule has 0 aliphatic rings. The Morgan fingerprint density at radius 2 is 1.79 bits per heavy atom. The highest BCUT2D eigenvalue weighted by molar-refractivity contribution is 7.89. The fourth-order valence-electron chi connectivity index (χ4n) is 2.09. The smallest absolute Gasteiger partial charge is 0.321 e. The summed E-state index contributed by atoms with van der Waals surface area (Å²) in [5.74, 6) is -0.440. The Morgan fingerprint density at radius 3 is 2.33 bits per heavy atom. The van der Waals surface area contributed by atoms with Crippen LogP contribution in [0.1, 0.15) is 40.0 Å². The van der Waals surface area contributed by atoms with E-state index >= 15 is 0 Å². The fraction of sp³-hybridized carbons (Fsp3) is 0.562. The van der Waals surface area contributed by atoms with Crippen molar-refractivity contribution in [3.8, 4) is 11.5 Å². The van der Waals surface area contributed by atoms with Gasteiger partial charge in [-0.3, -0.25) is 4.79 Å². The van der Waals surface area contributed by atoms with Crippen LogP contribution < -0.4 is 14.2 Å². The van der Waals surface area contributed by atoms with Crippen LogP contribution in [0.15, 0.2) is 23.1 Å². The Balaban J connectivity index is 3.08. The lowest BCUT2D eigenvalue weighted by Gasteiger charge is -2.16. The van der Waals surface area contributed by atoms with Crippen molar-refractivity contribution in [3.63, 3.8) is 0 Å². The fourth-order valence-corrected chi connectivity index (χ4v) is 3.33. The van der Waals surface area contributed by atoms with Gasteiger partial charge in [0.15, 0.2) is 11.5 Å². The number of ether oxygens (including phenoxy) is 2. The number of carbonyl (C=O) groups is 1. The molecule has 136 valence electrons. The monoisotopic (exact) mass is 359 g/mol. The number of aliphatic carboxylic acids is 1. The summed E-state index contributed by atoms with van der Waals surface area (Å²) in [5.41, 5.74) is 0. The minimum absolute atomic E-state index is 0.0582. The Labute approximate surface area is 143 Å². The van der Waals surface area contributed by atoms with Gasteiger partial charge in [-0.2, -0.15) is 4.72 Å². The highest BCUT2D eigenvalue weighted by atomic mass is 32.2. The number of carboxylic acid groups (broad SMARTS) is 1. The molecule has 0 aromatic heterocycles. The molecule has 0 radical (unpaired) electrons. The molecule has 2 N–H and O–H groups in total. The number of benzene rings is 1. The largest absolute Gasteiger partial charge is 0.490 e. The van der Waals surface area contributed by atoms with Crippen LogP contribution in [-0.4, -0.2) is 38.7 Å². The molecule has 0 amide bonds. The van der Waals surface area contributed by atoms with Gasteiger partial charge in [-0.05, 0) is 32.4 Å². The first-order chi connectivity index (χ1) is 11.4. The molecule has 1 unspecified atom stereocenters. The zero-order valence-electron chi connectivity index (χ0n) is 14.2. The van der Waals surface area contributed by atoms with Gasteiger partial charge in [-0.15, -0.1) is 0 Å². The van der Waals surface area contributed by atoms with Crippen LogP contribution in [0.3, 0.4) is 0 Å². The maximum absolute atomic E-state index is 12.5. The zero-order chi connectivity index (χ0) is 18.2. The van der Waals surface area contributed by atoms with E-state index in [4.69, 9.17) is 9.47 Å². The second-order valence-corrected chi connectivity index (χ2v) is 6.84. The van der Waals surface area contributed by atoms with E-state index in [1.54, 1.807) is 6.92 Å². The molecule has 1 aromatic carbocycles. The minimum atomic E-state index is -3.97. The molecule has 0 saturated heterocycles. The van der Waals surface area contributed by atoms with Gasteiger partial charge >= 0.3 is 5.97 Å². The third-order valence-electron chi connectivity index (χ3n) is 3.27. The minimum Gasteiger partial charge on any atom is -0.490 e. The van der Waals surface area contributed by atoms with Crippen molar-refractivity contribution in [2.24, 2.45) is 0 Å². The first kappa shape index (κ1) is 20.2. The van der Waals surface area contributed by atoms with E-state index in [1.165, 1.54) is 18.2 Å². The van der Waals surface area contributed by atoms with Crippen LogP contribution in [0.25, 0.3) is 0 Å². The summed E-state index contributed by atoms with van der Waals surface area (Å²) in [4.78, 5) is 11.2. The molecule has 0 bridgehead atoms. The lowest BCUT2D eigenvalue weighted by atomic mass is 10.1. The van der Waals surface area contributed by atoms with Gasteiger partial charge in [0.2, 0.25) is 10.0 Å². The molecule has 8 heteroatoms. The van der Waals surface area contributed by atoms with Gasteiger partial charge in [0.05, 0.1) is 18.1 Å². The van der Waals surface area contributed by atoms with Gasteiger partial charge < -0.3 is 14.6 Å². The first-order valence-corrected chi connectivity index (χ1v) is 9.48. The van der Waals surface area contributed by atoms with E-state index in [0.717, 1.165) is 6.42 Å². The predicted molar refractivity (Wildman–Crippen MR) is 90.1 cm³/mol. The summed E-state index contributed by atoms with van der Waals surface area (Å²) in [7, 11) is -3.97.